The second-order valence-electron chi connectivity index (χ2n) is 6.06. The molecular weight excluding hydrogens is 268 g/mol. The van der Waals surface area contributed by atoms with E-state index in [1.54, 1.807) is 6.92 Å². The van der Waals surface area contributed by atoms with E-state index in [1.165, 1.54) is 38.5 Å². The van der Waals surface area contributed by atoms with Gasteiger partial charge in [0, 0.05) is 6.42 Å². The Hall–Kier alpha value is -1.06. The van der Waals surface area contributed by atoms with Crippen molar-refractivity contribution >= 4 is 11.9 Å². The lowest BCUT2D eigenvalue weighted by atomic mass is 10.0. The molecule has 0 heterocycles. The van der Waals surface area contributed by atoms with Gasteiger partial charge >= 0.3 is 11.9 Å². The quantitative estimate of drug-likeness (QED) is 0.423. The van der Waals surface area contributed by atoms with Gasteiger partial charge < -0.3 is 10.2 Å². The maximum absolute atomic E-state index is 10.6. The Morgan fingerprint density at radius 1 is 0.714 bits per heavy atom. The molecule has 0 aliphatic carbocycles. The number of unbranched alkanes of at least 4 members (excludes halogenated alkanes) is 10. The average Bonchev–Trinajstić information content (AvgIpc) is 2.43. The van der Waals surface area contributed by atoms with Crippen LogP contribution < -0.4 is 0 Å². The van der Waals surface area contributed by atoms with E-state index in [1.807, 2.05) is 0 Å². The summed E-state index contributed by atoms with van der Waals surface area (Å²) in [7, 11) is 0. The first-order valence-corrected chi connectivity index (χ1v) is 8.48. The minimum absolute atomic E-state index is 0.203. The zero-order chi connectivity index (χ0) is 15.9. The monoisotopic (exact) mass is 300 g/mol. The molecule has 4 heteroatoms. The standard InChI is InChI=1S/C17H32O4/c1-15(17(20)21)13-11-9-7-5-3-2-4-6-8-10-12-14-16(18)19/h15H,2-14H2,1H3,(H,18,19)(H,20,21). The molecule has 21 heavy (non-hydrogen) atoms. The van der Waals surface area contributed by atoms with Gasteiger partial charge in [-0.2, -0.15) is 0 Å². The molecule has 124 valence electrons. The molecule has 0 aromatic heterocycles. The summed E-state index contributed by atoms with van der Waals surface area (Å²) in [6, 6.07) is 0. The van der Waals surface area contributed by atoms with Crippen LogP contribution in [0.5, 0.6) is 0 Å². The van der Waals surface area contributed by atoms with Crippen molar-refractivity contribution in [1.82, 2.24) is 0 Å². The molecule has 0 rings (SSSR count). The van der Waals surface area contributed by atoms with Gasteiger partial charge in [0.15, 0.2) is 0 Å². The molecule has 0 aliphatic heterocycles. The Kier molecular flexibility index (Phi) is 13.2. The van der Waals surface area contributed by atoms with Gasteiger partial charge in [0.05, 0.1) is 5.92 Å². The lowest BCUT2D eigenvalue weighted by Gasteiger charge is -2.05. The lowest BCUT2D eigenvalue weighted by Crippen LogP contribution is -2.08. The van der Waals surface area contributed by atoms with Gasteiger partial charge in [-0.3, -0.25) is 9.59 Å². The Morgan fingerprint density at radius 2 is 1.10 bits per heavy atom. The molecule has 0 radical (unpaired) electrons. The van der Waals surface area contributed by atoms with Crippen LogP contribution in [0, 0.1) is 5.92 Å². The molecule has 2 N–H and O–H groups in total. The molecule has 0 spiro atoms. The summed E-state index contributed by atoms with van der Waals surface area (Å²) in [5.41, 5.74) is 0. The van der Waals surface area contributed by atoms with Crippen molar-refractivity contribution in [3.63, 3.8) is 0 Å². The predicted molar refractivity (Wildman–Crippen MR) is 84.5 cm³/mol. The molecule has 1 atom stereocenters. The number of carboxylic acids is 2. The first-order chi connectivity index (χ1) is 10.0. The number of hydrogen-bond acceptors (Lipinski definition) is 2. The topological polar surface area (TPSA) is 74.6 Å². The summed E-state index contributed by atoms with van der Waals surface area (Å²) in [5, 5.41) is 17.3. The van der Waals surface area contributed by atoms with Gasteiger partial charge in [0.25, 0.3) is 0 Å². The van der Waals surface area contributed by atoms with Gasteiger partial charge in [0.1, 0.15) is 0 Å². The van der Waals surface area contributed by atoms with Gasteiger partial charge in [-0.25, -0.2) is 0 Å². The maximum atomic E-state index is 10.6. The SMILES string of the molecule is CC(CCCCCCCCCCCCCC(=O)O)C(=O)O. The van der Waals surface area contributed by atoms with Crippen molar-refractivity contribution in [1.29, 1.82) is 0 Å². The molecule has 4 nitrogen and oxygen atoms in total. The number of aliphatic carboxylic acids is 2. The number of carbonyl (C=O) groups is 2. The highest BCUT2D eigenvalue weighted by molar-refractivity contribution is 5.69. The van der Waals surface area contributed by atoms with Crippen LogP contribution in [0.4, 0.5) is 0 Å². The maximum Gasteiger partial charge on any atom is 0.306 e. The van der Waals surface area contributed by atoms with Crippen molar-refractivity contribution in [3.05, 3.63) is 0 Å². The van der Waals surface area contributed by atoms with Crippen LogP contribution in [0.15, 0.2) is 0 Å². The van der Waals surface area contributed by atoms with E-state index in [9.17, 15) is 9.59 Å². The van der Waals surface area contributed by atoms with Crippen molar-refractivity contribution in [2.24, 2.45) is 5.92 Å². The Balaban J connectivity index is 3.09. The Labute approximate surface area is 128 Å². The van der Waals surface area contributed by atoms with E-state index in [0.717, 1.165) is 38.5 Å². The van der Waals surface area contributed by atoms with E-state index < -0.39 is 11.9 Å². The zero-order valence-corrected chi connectivity index (χ0v) is 13.5. The molecule has 0 bridgehead atoms. The summed E-state index contributed by atoms with van der Waals surface area (Å²) < 4.78 is 0. The first-order valence-electron chi connectivity index (χ1n) is 8.48. The third kappa shape index (κ3) is 15.2. The number of carboxylic acid groups (broad SMARTS) is 2. The Morgan fingerprint density at radius 3 is 1.48 bits per heavy atom. The van der Waals surface area contributed by atoms with Crippen molar-refractivity contribution in [2.75, 3.05) is 0 Å². The third-order valence-corrected chi connectivity index (χ3v) is 3.95. The van der Waals surface area contributed by atoms with E-state index in [0.29, 0.717) is 6.42 Å². The van der Waals surface area contributed by atoms with Crippen LogP contribution in [0.1, 0.15) is 90.4 Å². The zero-order valence-electron chi connectivity index (χ0n) is 13.5. The van der Waals surface area contributed by atoms with Crippen LogP contribution >= 0.6 is 0 Å². The number of rotatable bonds is 15. The van der Waals surface area contributed by atoms with Crippen LogP contribution in [0.25, 0.3) is 0 Å². The molecule has 0 amide bonds. The van der Waals surface area contributed by atoms with Crippen molar-refractivity contribution < 1.29 is 19.8 Å². The molecule has 0 aromatic carbocycles. The van der Waals surface area contributed by atoms with Gasteiger partial charge in [0.2, 0.25) is 0 Å². The van der Waals surface area contributed by atoms with Gasteiger partial charge in [-0.05, 0) is 12.8 Å². The fourth-order valence-electron chi connectivity index (χ4n) is 2.44. The minimum atomic E-state index is -0.687. The molecule has 1 unspecified atom stereocenters. The summed E-state index contributed by atoms with van der Waals surface area (Å²) in [5.74, 6) is -1.57. The lowest BCUT2D eigenvalue weighted by molar-refractivity contribution is -0.141. The fourth-order valence-corrected chi connectivity index (χ4v) is 2.44. The smallest absolute Gasteiger partial charge is 0.306 e. The highest BCUT2D eigenvalue weighted by atomic mass is 16.4. The van der Waals surface area contributed by atoms with Crippen molar-refractivity contribution in [3.8, 4) is 0 Å². The summed E-state index contributed by atoms with van der Waals surface area (Å²) in [6.45, 7) is 1.78. The van der Waals surface area contributed by atoms with Gasteiger partial charge in [-0.1, -0.05) is 71.1 Å². The summed E-state index contributed by atoms with van der Waals surface area (Å²) in [4.78, 5) is 21.0. The normalized spacial score (nSPS) is 12.2. The minimum Gasteiger partial charge on any atom is -0.481 e. The molecule has 0 aliphatic rings. The van der Waals surface area contributed by atoms with E-state index in [4.69, 9.17) is 10.2 Å². The second-order valence-corrected chi connectivity index (χ2v) is 6.06. The van der Waals surface area contributed by atoms with Crippen molar-refractivity contribution in [2.45, 2.75) is 90.4 Å². The predicted octanol–water partition coefficient (Wildman–Crippen LogP) is 4.86. The van der Waals surface area contributed by atoms with E-state index >= 15 is 0 Å². The molecule has 0 saturated carbocycles. The van der Waals surface area contributed by atoms with Gasteiger partial charge in [-0.15, -0.1) is 0 Å². The summed E-state index contributed by atoms with van der Waals surface area (Å²) >= 11 is 0. The highest BCUT2D eigenvalue weighted by Gasteiger charge is 2.09. The summed E-state index contributed by atoms with van der Waals surface area (Å²) in [6.07, 6.45) is 13.7. The number of hydrogen-bond donors (Lipinski definition) is 2. The van der Waals surface area contributed by atoms with Crippen LogP contribution in [0.2, 0.25) is 0 Å². The molecular formula is C17H32O4. The largest absolute Gasteiger partial charge is 0.481 e. The van der Waals surface area contributed by atoms with Crippen LogP contribution in [-0.4, -0.2) is 22.2 Å². The van der Waals surface area contributed by atoms with Crippen LogP contribution in [0.3, 0.4) is 0 Å². The van der Waals surface area contributed by atoms with E-state index in [2.05, 4.69) is 0 Å². The molecule has 0 saturated heterocycles. The average molecular weight is 300 g/mol. The molecule has 0 fully saturated rings. The van der Waals surface area contributed by atoms with E-state index in [-0.39, 0.29) is 5.92 Å². The van der Waals surface area contributed by atoms with Crippen LogP contribution in [-0.2, 0) is 9.59 Å². The fraction of sp³-hybridized carbons (Fsp3) is 0.882. The Bertz CT molecular complexity index is 276. The second kappa shape index (κ2) is 13.9. The molecule has 0 aromatic rings. The third-order valence-electron chi connectivity index (χ3n) is 3.95. The highest BCUT2D eigenvalue weighted by Crippen LogP contribution is 2.14. The first kappa shape index (κ1) is 19.9.